The van der Waals surface area contributed by atoms with Gasteiger partial charge in [-0.15, -0.1) is 0 Å². The average molecular weight is 270 g/mol. The maximum Gasteiger partial charge on any atom is 0.138 e. The van der Waals surface area contributed by atoms with Gasteiger partial charge in [-0.2, -0.15) is 0 Å². The molecule has 1 fully saturated rings. The molecule has 0 aromatic heterocycles. The monoisotopic (exact) mass is 269 g/mol. The lowest BCUT2D eigenvalue weighted by molar-refractivity contribution is 0.177. The third kappa shape index (κ3) is 3.37. The van der Waals surface area contributed by atoms with Gasteiger partial charge in [0.2, 0.25) is 0 Å². The van der Waals surface area contributed by atoms with Gasteiger partial charge in [0, 0.05) is 6.54 Å². The van der Waals surface area contributed by atoms with E-state index in [9.17, 15) is 5.11 Å². The average Bonchev–Trinajstić information content (AvgIpc) is 2.85. The van der Waals surface area contributed by atoms with Crippen LogP contribution in [0.3, 0.4) is 0 Å². The Morgan fingerprint density at radius 3 is 2.78 bits per heavy atom. The van der Waals surface area contributed by atoms with Crippen molar-refractivity contribution in [2.75, 3.05) is 13.6 Å². The zero-order valence-electron chi connectivity index (χ0n) is 10.7. The molecule has 18 heavy (non-hydrogen) atoms. The second-order valence-corrected chi connectivity index (χ2v) is 5.19. The fourth-order valence-electron chi connectivity index (χ4n) is 2.32. The van der Waals surface area contributed by atoms with E-state index in [4.69, 9.17) is 16.3 Å². The number of hydrogen-bond acceptors (Lipinski definition) is 3. The Kier molecular flexibility index (Phi) is 4.87. The van der Waals surface area contributed by atoms with Crippen LogP contribution in [0.15, 0.2) is 18.2 Å². The molecule has 2 N–H and O–H groups in total. The van der Waals surface area contributed by atoms with Crippen LogP contribution in [0.25, 0.3) is 0 Å². The highest BCUT2D eigenvalue weighted by Gasteiger charge is 2.18. The van der Waals surface area contributed by atoms with Crippen molar-refractivity contribution in [3.05, 3.63) is 28.8 Å². The van der Waals surface area contributed by atoms with Gasteiger partial charge in [-0.3, -0.25) is 0 Å². The first-order valence-corrected chi connectivity index (χ1v) is 6.87. The Morgan fingerprint density at radius 2 is 2.17 bits per heavy atom. The maximum atomic E-state index is 9.86. The van der Waals surface area contributed by atoms with E-state index < -0.39 is 6.10 Å². The molecular weight excluding hydrogens is 250 g/mol. The number of hydrogen-bond donors (Lipinski definition) is 2. The summed E-state index contributed by atoms with van der Waals surface area (Å²) in [6.45, 7) is 0.513. The Hall–Kier alpha value is -0.770. The van der Waals surface area contributed by atoms with Crippen LogP contribution in [-0.2, 0) is 0 Å². The molecule has 1 aliphatic rings. The number of ether oxygens (including phenoxy) is 1. The minimum absolute atomic E-state index is 0.301. The van der Waals surface area contributed by atoms with Gasteiger partial charge in [0.25, 0.3) is 0 Å². The van der Waals surface area contributed by atoms with E-state index >= 15 is 0 Å². The van der Waals surface area contributed by atoms with E-state index in [-0.39, 0.29) is 0 Å². The predicted molar refractivity (Wildman–Crippen MR) is 73.2 cm³/mol. The van der Waals surface area contributed by atoms with Gasteiger partial charge in [0.1, 0.15) is 5.75 Å². The maximum absolute atomic E-state index is 9.86. The largest absolute Gasteiger partial charge is 0.489 e. The predicted octanol–water partition coefficient (Wildman–Crippen LogP) is 2.91. The van der Waals surface area contributed by atoms with Crippen LogP contribution in [0.2, 0.25) is 5.02 Å². The second kappa shape index (κ2) is 6.41. The summed E-state index contributed by atoms with van der Waals surface area (Å²) in [5.41, 5.74) is 0.813. The first-order valence-electron chi connectivity index (χ1n) is 6.49. The molecule has 0 aliphatic heterocycles. The van der Waals surface area contributed by atoms with Crippen molar-refractivity contribution in [3.8, 4) is 5.75 Å². The zero-order chi connectivity index (χ0) is 13.0. The van der Waals surface area contributed by atoms with Gasteiger partial charge in [-0.25, -0.2) is 0 Å². The summed E-state index contributed by atoms with van der Waals surface area (Å²) in [5, 5.41) is 13.4. The zero-order valence-corrected chi connectivity index (χ0v) is 11.4. The molecule has 0 bridgehead atoms. The van der Waals surface area contributed by atoms with Crippen molar-refractivity contribution in [2.45, 2.75) is 37.9 Å². The molecule has 0 spiro atoms. The topological polar surface area (TPSA) is 41.5 Å². The molecule has 0 heterocycles. The summed E-state index contributed by atoms with van der Waals surface area (Å²) in [6, 6.07) is 5.51. The molecule has 2 rings (SSSR count). The Balaban J connectivity index is 2.04. The first-order chi connectivity index (χ1) is 8.70. The third-order valence-electron chi connectivity index (χ3n) is 3.33. The molecule has 3 nitrogen and oxygen atoms in total. The highest BCUT2D eigenvalue weighted by molar-refractivity contribution is 6.32. The molecule has 1 aromatic carbocycles. The highest BCUT2D eigenvalue weighted by atomic mass is 35.5. The Bertz CT molecular complexity index is 391. The van der Waals surface area contributed by atoms with E-state index in [0.717, 1.165) is 24.2 Å². The van der Waals surface area contributed by atoms with Gasteiger partial charge in [-0.1, -0.05) is 17.7 Å². The van der Waals surface area contributed by atoms with Crippen LogP contribution in [0.1, 0.15) is 37.4 Å². The smallest absolute Gasteiger partial charge is 0.138 e. The molecule has 1 aliphatic carbocycles. The fraction of sp³-hybridized carbons (Fsp3) is 0.571. The van der Waals surface area contributed by atoms with Crippen LogP contribution in [0, 0.1) is 0 Å². The molecular formula is C14H20ClNO2. The highest BCUT2D eigenvalue weighted by Crippen LogP contribution is 2.31. The van der Waals surface area contributed by atoms with E-state index in [1.54, 1.807) is 6.07 Å². The van der Waals surface area contributed by atoms with Gasteiger partial charge < -0.3 is 15.2 Å². The Morgan fingerprint density at radius 1 is 1.44 bits per heavy atom. The standard InChI is InChI=1S/C14H20ClNO2/c1-16-9-13(17)10-6-7-14(12(15)8-10)18-11-4-2-3-5-11/h6-8,11,13,16-17H,2-5,9H2,1H3. The fourth-order valence-corrected chi connectivity index (χ4v) is 2.55. The number of halogens is 1. The van der Waals surface area contributed by atoms with Crippen LogP contribution in [0.5, 0.6) is 5.75 Å². The number of aliphatic hydroxyl groups excluding tert-OH is 1. The van der Waals surface area contributed by atoms with Crippen LogP contribution in [0.4, 0.5) is 0 Å². The second-order valence-electron chi connectivity index (χ2n) is 4.79. The van der Waals surface area contributed by atoms with E-state index in [0.29, 0.717) is 17.7 Å². The van der Waals surface area contributed by atoms with Crippen LogP contribution < -0.4 is 10.1 Å². The minimum atomic E-state index is -0.534. The molecule has 1 atom stereocenters. The van der Waals surface area contributed by atoms with Crippen molar-refractivity contribution in [1.29, 1.82) is 0 Å². The molecule has 4 heteroatoms. The SMILES string of the molecule is CNCC(O)c1ccc(OC2CCCC2)c(Cl)c1. The molecule has 0 amide bonds. The van der Waals surface area contributed by atoms with Crippen molar-refractivity contribution < 1.29 is 9.84 Å². The molecule has 100 valence electrons. The molecule has 1 aromatic rings. The van der Waals surface area contributed by atoms with Crippen LogP contribution >= 0.6 is 11.6 Å². The summed E-state index contributed by atoms with van der Waals surface area (Å²) in [4.78, 5) is 0. The summed E-state index contributed by atoms with van der Waals surface area (Å²) >= 11 is 6.20. The summed E-state index contributed by atoms with van der Waals surface area (Å²) in [5.74, 6) is 0.726. The number of rotatable bonds is 5. The summed E-state index contributed by atoms with van der Waals surface area (Å²) in [7, 11) is 1.81. The molecule has 1 unspecified atom stereocenters. The lowest BCUT2D eigenvalue weighted by Gasteiger charge is -2.16. The number of aliphatic hydroxyl groups is 1. The quantitative estimate of drug-likeness (QED) is 0.864. The third-order valence-corrected chi connectivity index (χ3v) is 3.63. The van der Waals surface area contributed by atoms with Gasteiger partial charge in [0.15, 0.2) is 0 Å². The van der Waals surface area contributed by atoms with Crippen molar-refractivity contribution in [3.63, 3.8) is 0 Å². The summed E-state index contributed by atoms with van der Waals surface area (Å²) < 4.78 is 5.87. The minimum Gasteiger partial charge on any atom is -0.489 e. The Labute approximate surface area is 113 Å². The lowest BCUT2D eigenvalue weighted by Crippen LogP contribution is -2.17. The van der Waals surface area contributed by atoms with Gasteiger partial charge >= 0.3 is 0 Å². The van der Waals surface area contributed by atoms with Crippen molar-refractivity contribution >= 4 is 11.6 Å². The van der Waals surface area contributed by atoms with Crippen molar-refractivity contribution in [1.82, 2.24) is 5.32 Å². The summed E-state index contributed by atoms with van der Waals surface area (Å²) in [6.07, 6.45) is 4.47. The molecule has 0 saturated heterocycles. The normalized spacial score (nSPS) is 17.9. The van der Waals surface area contributed by atoms with E-state index in [2.05, 4.69) is 5.32 Å². The van der Waals surface area contributed by atoms with Gasteiger partial charge in [0.05, 0.1) is 17.2 Å². The first kappa shape index (κ1) is 13.7. The van der Waals surface area contributed by atoms with Crippen LogP contribution in [-0.4, -0.2) is 24.8 Å². The lowest BCUT2D eigenvalue weighted by atomic mass is 10.1. The number of likely N-dealkylation sites (N-methyl/N-ethyl adjacent to an activating group) is 1. The van der Waals surface area contributed by atoms with E-state index in [1.165, 1.54) is 12.8 Å². The molecule has 1 saturated carbocycles. The van der Waals surface area contributed by atoms with Crippen molar-refractivity contribution in [2.24, 2.45) is 0 Å². The van der Waals surface area contributed by atoms with Gasteiger partial charge in [-0.05, 0) is 50.4 Å². The number of benzene rings is 1. The number of nitrogens with one attached hydrogen (secondary N) is 1. The molecule has 0 radical (unpaired) electrons. The van der Waals surface area contributed by atoms with E-state index in [1.807, 2.05) is 19.2 Å².